The van der Waals surface area contributed by atoms with Gasteiger partial charge in [0.2, 0.25) is 0 Å². The zero-order valence-electron chi connectivity index (χ0n) is 8.16. The highest BCUT2D eigenvalue weighted by Gasteiger charge is 1.98. The molecular formula is C10H16O2S. The summed E-state index contributed by atoms with van der Waals surface area (Å²) in [6, 6.07) is 6.75. The number of aromatic carboxylic acids is 1. The summed E-state index contributed by atoms with van der Waals surface area (Å²) in [5.41, 5.74) is 1.41. The zero-order valence-corrected chi connectivity index (χ0v) is 9.16. The first kappa shape index (κ1) is 14.6. The van der Waals surface area contributed by atoms with Crippen molar-refractivity contribution in [1.29, 1.82) is 0 Å². The topological polar surface area (TPSA) is 37.3 Å². The van der Waals surface area contributed by atoms with E-state index in [0.29, 0.717) is 5.56 Å². The minimum atomic E-state index is -0.875. The van der Waals surface area contributed by atoms with E-state index in [1.54, 1.807) is 24.3 Å². The molecule has 0 bridgehead atoms. The molecule has 0 saturated carbocycles. The predicted octanol–water partition coefficient (Wildman–Crippen LogP) is 2.83. The SMILES string of the molecule is CC.Cc1ccc(C(=O)O)cc1.S. The molecule has 2 nitrogen and oxygen atoms in total. The summed E-state index contributed by atoms with van der Waals surface area (Å²) >= 11 is 0. The molecule has 0 saturated heterocycles. The molecule has 0 spiro atoms. The maximum atomic E-state index is 10.3. The molecule has 74 valence electrons. The first-order valence-corrected chi connectivity index (χ1v) is 4.00. The molecule has 1 aromatic carbocycles. The van der Waals surface area contributed by atoms with Gasteiger partial charge < -0.3 is 5.11 Å². The third kappa shape index (κ3) is 5.31. The van der Waals surface area contributed by atoms with Gasteiger partial charge in [0.1, 0.15) is 0 Å². The molecule has 1 N–H and O–H groups in total. The first-order valence-electron chi connectivity index (χ1n) is 4.00. The van der Waals surface area contributed by atoms with Crippen molar-refractivity contribution >= 4 is 19.5 Å². The summed E-state index contributed by atoms with van der Waals surface area (Å²) < 4.78 is 0. The van der Waals surface area contributed by atoms with E-state index < -0.39 is 5.97 Å². The van der Waals surface area contributed by atoms with Gasteiger partial charge in [-0.2, -0.15) is 13.5 Å². The molecule has 0 atom stereocenters. The molecule has 1 rings (SSSR count). The summed E-state index contributed by atoms with van der Waals surface area (Å²) in [6.45, 7) is 5.92. The van der Waals surface area contributed by atoms with Crippen LogP contribution < -0.4 is 0 Å². The van der Waals surface area contributed by atoms with Gasteiger partial charge in [0.05, 0.1) is 5.56 Å². The maximum absolute atomic E-state index is 10.3. The smallest absolute Gasteiger partial charge is 0.335 e. The fourth-order valence-electron chi connectivity index (χ4n) is 0.696. The van der Waals surface area contributed by atoms with Gasteiger partial charge in [-0.15, -0.1) is 0 Å². The van der Waals surface area contributed by atoms with Gasteiger partial charge >= 0.3 is 5.97 Å². The Morgan fingerprint density at radius 1 is 1.15 bits per heavy atom. The van der Waals surface area contributed by atoms with E-state index in [2.05, 4.69) is 0 Å². The summed E-state index contributed by atoms with van der Waals surface area (Å²) in [5.74, 6) is -0.875. The van der Waals surface area contributed by atoms with Crippen LogP contribution in [0.3, 0.4) is 0 Å². The van der Waals surface area contributed by atoms with E-state index in [4.69, 9.17) is 5.11 Å². The maximum Gasteiger partial charge on any atom is 0.335 e. The lowest BCUT2D eigenvalue weighted by atomic mass is 10.2. The van der Waals surface area contributed by atoms with Gasteiger partial charge in [-0.05, 0) is 19.1 Å². The highest BCUT2D eigenvalue weighted by molar-refractivity contribution is 7.59. The number of benzene rings is 1. The lowest BCUT2D eigenvalue weighted by Crippen LogP contribution is -1.94. The van der Waals surface area contributed by atoms with Crippen molar-refractivity contribution in [3.63, 3.8) is 0 Å². The number of rotatable bonds is 1. The lowest BCUT2D eigenvalue weighted by Gasteiger charge is -1.92. The Kier molecular flexibility index (Phi) is 8.60. The van der Waals surface area contributed by atoms with Crippen molar-refractivity contribution < 1.29 is 9.90 Å². The number of hydrogen-bond donors (Lipinski definition) is 1. The number of carbonyl (C=O) groups is 1. The molecule has 0 aliphatic rings. The average Bonchev–Trinajstić information content (AvgIpc) is 2.09. The van der Waals surface area contributed by atoms with E-state index in [1.165, 1.54) is 0 Å². The van der Waals surface area contributed by atoms with Crippen LogP contribution in [-0.2, 0) is 0 Å². The van der Waals surface area contributed by atoms with Gasteiger partial charge in [0, 0.05) is 0 Å². The monoisotopic (exact) mass is 200 g/mol. The van der Waals surface area contributed by atoms with Crippen LogP contribution in [0.1, 0.15) is 29.8 Å². The molecule has 0 radical (unpaired) electrons. The molecule has 0 aromatic heterocycles. The van der Waals surface area contributed by atoms with Crippen LogP contribution in [0.4, 0.5) is 0 Å². The van der Waals surface area contributed by atoms with E-state index in [-0.39, 0.29) is 13.5 Å². The van der Waals surface area contributed by atoms with Crippen LogP contribution in [0.5, 0.6) is 0 Å². The second kappa shape index (κ2) is 7.68. The van der Waals surface area contributed by atoms with E-state index in [1.807, 2.05) is 20.8 Å². The van der Waals surface area contributed by atoms with Crippen LogP contribution in [0.15, 0.2) is 24.3 Å². The quantitative estimate of drug-likeness (QED) is 0.757. The second-order valence-electron chi connectivity index (χ2n) is 2.17. The van der Waals surface area contributed by atoms with Crippen LogP contribution in [0.25, 0.3) is 0 Å². The second-order valence-corrected chi connectivity index (χ2v) is 2.17. The van der Waals surface area contributed by atoms with Gasteiger partial charge in [-0.3, -0.25) is 0 Å². The van der Waals surface area contributed by atoms with E-state index in [9.17, 15) is 4.79 Å². The number of aryl methyl sites for hydroxylation is 1. The Morgan fingerprint density at radius 3 is 1.85 bits per heavy atom. The molecule has 3 heteroatoms. The van der Waals surface area contributed by atoms with Crippen molar-refractivity contribution in [2.75, 3.05) is 0 Å². The van der Waals surface area contributed by atoms with Gasteiger partial charge in [-0.25, -0.2) is 4.79 Å². The molecule has 0 aliphatic heterocycles. The fraction of sp³-hybridized carbons (Fsp3) is 0.300. The minimum absolute atomic E-state index is 0. The zero-order chi connectivity index (χ0) is 9.56. The molecule has 13 heavy (non-hydrogen) atoms. The van der Waals surface area contributed by atoms with Crippen molar-refractivity contribution in [3.8, 4) is 0 Å². The number of carboxylic acid groups (broad SMARTS) is 1. The van der Waals surface area contributed by atoms with Gasteiger partial charge in [0.15, 0.2) is 0 Å². The van der Waals surface area contributed by atoms with Crippen LogP contribution in [0.2, 0.25) is 0 Å². The number of carboxylic acids is 1. The molecule has 0 heterocycles. The molecular weight excluding hydrogens is 184 g/mol. The van der Waals surface area contributed by atoms with Crippen molar-refractivity contribution in [3.05, 3.63) is 35.4 Å². The van der Waals surface area contributed by atoms with E-state index >= 15 is 0 Å². The summed E-state index contributed by atoms with van der Waals surface area (Å²) in [7, 11) is 0. The Bertz CT molecular complexity index is 242. The van der Waals surface area contributed by atoms with Crippen LogP contribution >= 0.6 is 13.5 Å². The average molecular weight is 200 g/mol. The third-order valence-corrected chi connectivity index (χ3v) is 1.30. The Hall–Kier alpha value is -0.960. The third-order valence-electron chi connectivity index (χ3n) is 1.30. The van der Waals surface area contributed by atoms with Crippen molar-refractivity contribution in [1.82, 2.24) is 0 Å². The molecule has 0 unspecified atom stereocenters. The highest BCUT2D eigenvalue weighted by atomic mass is 32.1. The molecule has 0 amide bonds. The Labute approximate surface area is 86.0 Å². The standard InChI is InChI=1S/C8H8O2.C2H6.H2S/c1-6-2-4-7(5-3-6)8(9)10;1-2;/h2-5H,1H3,(H,9,10);1-2H3;1H2. The van der Waals surface area contributed by atoms with Crippen LogP contribution in [-0.4, -0.2) is 11.1 Å². The minimum Gasteiger partial charge on any atom is -0.478 e. The summed E-state index contributed by atoms with van der Waals surface area (Å²) in [4.78, 5) is 10.3. The fourth-order valence-corrected chi connectivity index (χ4v) is 0.696. The molecule has 0 fully saturated rings. The summed E-state index contributed by atoms with van der Waals surface area (Å²) in [5, 5.41) is 8.48. The normalized spacial score (nSPS) is 7.62. The van der Waals surface area contributed by atoms with Crippen LogP contribution in [0, 0.1) is 6.92 Å². The van der Waals surface area contributed by atoms with Crippen molar-refractivity contribution in [2.45, 2.75) is 20.8 Å². The van der Waals surface area contributed by atoms with E-state index in [0.717, 1.165) is 5.56 Å². The van der Waals surface area contributed by atoms with Crippen molar-refractivity contribution in [2.24, 2.45) is 0 Å². The molecule has 0 aliphatic carbocycles. The Morgan fingerprint density at radius 2 is 1.54 bits per heavy atom. The highest BCUT2D eigenvalue weighted by Crippen LogP contribution is 2.01. The first-order chi connectivity index (χ1) is 5.70. The number of hydrogen-bond acceptors (Lipinski definition) is 1. The predicted molar refractivity (Wildman–Crippen MR) is 59.9 cm³/mol. The lowest BCUT2D eigenvalue weighted by molar-refractivity contribution is 0.0697. The van der Waals surface area contributed by atoms with Gasteiger partial charge in [0.25, 0.3) is 0 Å². The Balaban J connectivity index is 0. The largest absolute Gasteiger partial charge is 0.478 e. The van der Waals surface area contributed by atoms with Gasteiger partial charge in [-0.1, -0.05) is 31.5 Å². The summed E-state index contributed by atoms with van der Waals surface area (Å²) in [6.07, 6.45) is 0. The molecule has 1 aromatic rings.